The molecule has 38 heavy (non-hydrogen) atoms. The van der Waals surface area contributed by atoms with Crippen molar-refractivity contribution in [2.75, 3.05) is 37.7 Å². The number of likely N-dealkylation sites (tertiary alicyclic amines) is 1. The van der Waals surface area contributed by atoms with Gasteiger partial charge in [0, 0.05) is 25.3 Å². The fraction of sp³-hybridized carbons (Fsp3) is 0.385. The van der Waals surface area contributed by atoms with Gasteiger partial charge in [-0.2, -0.15) is 0 Å². The Balaban J connectivity index is 1.39. The van der Waals surface area contributed by atoms with Crippen LogP contribution in [-0.2, 0) is 10.0 Å². The van der Waals surface area contributed by atoms with Gasteiger partial charge in [0.15, 0.2) is 5.13 Å². The summed E-state index contributed by atoms with van der Waals surface area (Å²) >= 11 is 0.850. The van der Waals surface area contributed by atoms with Crippen LogP contribution >= 0.6 is 11.3 Å². The predicted molar refractivity (Wildman–Crippen MR) is 145 cm³/mol. The molecule has 1 aromatic heterocycles. The number of nitrogens with one attached hydrogen (secondary N) is 1. The van der Waals surface area contributed by atoms with E-state index in [0.717, 1.165) is 43.0 Å². The molecular weight excluding hydrogens is 532 g/mol. The van der Waals surface area contributed by atoms with Gasteiger partial charge in [-0.15, -0.1) is 0 Å². The smallest absolute Gasteiger partial charge is 0.242 e. The topological polar surface area (TPSA) is 109 Å². The largest absolute Gasteiger partial charge is 0.382 e. The van der Waals surface area contributed by atoms with Crippen molar-refractivity contribution in [2.45, 2.75) is 43.5 Å². The molecule has 0 spiro atoms. The van der Waals surface area contributed by atoms with Gasteiger partial charge in [-0.3, -0.25) is 4.79 Å². The van der Waals surface area contributed by atoms with Crippen LogP contribution in [0.3, 0.4) is 0 Å². The quantitative estimate of drug-likeness (QED) is 0.339. The molecule has 3 aromatic rings. The van der Waals surface area contributed by atoms with Gasteiger partial charge in [-0.05, 0) is 75.7 Å². The lowest BCUT2D eigenvalue weighted by molar-refractivity contribution is 0.103. The zero-order chi connectivity index (χ0) is 27.4. The number of carbonyl (C=O) groups is 1. The van der Waals surface area contributed by atoms with E-state index in [1.807, 2.05) is 0 Å². The van der Waals surface area contributed by atoms with E-state index in [2.05, 4.69) is 22.1 Å². The Hall–Kier alpha value is -2.93. The second-order valence-corrected chi connectivity index (χ2v) is 12.4. The third kappa shape index (κ3) is 6.20. The SMILES string of the molecule is CC1CCCCN1CCCN(C)S(=O)(=O)c1ccc(Nc2nc(N)c(C(=O)c3c(F)cccc3F)s2)cc1. The van der Waals surface area contributed by atoms with Gasteiger partial charge in [0.05, 0.1) is 10.5 Å². The average molecular weight is 564 g/mol. The monoisotopic (exact) mass is 563 g/mol. The van der Waals surface area contributed by atoms with Crippen LogP contribution in [0.4, 0.5) is 25.4 Å². The van der Waals surface area contributed by atoms with Gasteiger partial charge >= 0.3 is 0 Å². The number of hydrogen-bond donors (Lipinski definition) is 2. The summed E-state index contributed by atoms with van der Waals surface area (Å²) in [6, 6.07) is 9.81. The maximum Gasteiger partial charge on any atom is 0.242 e. The number of rotatable bonds is 10. The number of ketones is 1. The minimum absolute atomic E-state index is 0.101. The van der Waals surface area contributed by atoms with E-state index >= 15 is 0 Å². The molecule has 4 rings (SSSR count). The second kappa shape index (κ2) is 11.9. The number of sulfonamides is 1. The lowest BCUT2D eigenvalue weighted by Crippen LogP contribution is -2.39. The first-order valence-electron chi connectivity index (χ1n) is 12.4. The highest BCUT2D eigenvalue weighted by Gasteiger charge is 2.25. The van der Waals surface area contributed by atoms with Gasteiger partial charge in [0.1, 0.15) is 22.3 Å². The summed E-state index contributed by atoms with van der Waals surface area (Å²) in [6.07, 6.45) is 4.38. The van der Waals surface area contributed by atoms with Crippen molar-refractivity contribution in [3.8, 4) is 0 Å². The van der Waals surface area contributed by atoms with Gasteiger partial charge in [0.2, 0.25) is 15.8 Å². The van der Waals surface area contributed by atoms with Gasteiger partial charge in [-0.1, -0.05) is 23.8 Å². The van der Waals surface area contributed by atoms with Crippen LogP contribution in [-0.4, -0.2) is 61.1 Å². The van der Waals surface area contributed by atoms with E-state index in [4.69, 9.17) is 5.73 Å². The first kappa shape index (κ1) is 28.1. The summed E-state index contributed by atoms with van der Waals surface area (Å²) in [7, 11) is -2.08. The number of aromatic nitrogens is 1. The Kier molecular flexibility index (Phi) is 8.76. The summed E-state index contributed by atoms with van der Waals surface area (Å²) in [5.41, 5.74) is 5.66. The highest BCUT2D eigenvalue weighted by molar-refractivity contribution is 7.89. The zero-order valence-electron chi connectivity index (χ0n) is 21.3. The minimum Gasteiger partial charge on any atom is -0.382 e. The predicted octanol–water partition coefficient (Wildman–Crippen LogP) is 4.86. The Morgan fingerprint density at radius 2 is 1.87 bits per heavy atom. The molecule has 204 valence electrons. The maximum absolute atomic E-state index is 14.0. The molecule has 1 aliphatic rings. The highest BCUT2D eigenvalue weighted by Crippen LogP contribution is 2.31. The van der Waals surface area contributed by atoms with E-state index in [1.165, 1.54) is 41.8 Å². The number of nitrogen functional groups attached to an aromatic ring is 1. The van der Waals surface area contributed by atoms with E-state index < -0.39 is 33.0 Å². The molecule has 0 aliphatic carbocycles. The Morgan fingerprint density at radius 1 is 1.18 bits per heavy atom. The van der Waals surface area contributed by atoms with Crippen LogP contribution in [0.2, 0.25) is 0 Å². The standard InChI is InChI=1S/C26H31F2N5O3S2/c1-17-7-3-4-15-33(17)16-6-14-32(2)38(35,36)19-12-10-18(11-13-19)30-26-31-25(29)24(37-26)23(34)22-20(27)8-5-9-21(22)28/h5,8-13,17H,3-4,6-7,14-16,29H2,1-2H3,(H,30,31). The highest BCUT2D eigenvalue weighted by atomic mass is 32.2. The zero-order valence-corrected chi connectivity index (χ0v) is 22.9. The molecule has 1 saturated heterocycles. The molecule has 0 saturated carbocycles. The van der Waals surface area contributed by atoms with E-state index in [-0.39, 0.29) is 20.7 Å². The fourth-order valence-electron chi connectivity index (χ4n) is 4.50. The fourth-order valence-corrected chi connectivity index (χ4v) is 6.56. The van der Waals surface area contributed by atoms with Crippen molar-refractivity contribution in [3.63, 3.8) is 0 Å². The number of benzene rings is 2. The lowest BCUT2D eigenvalue weighted by Gasteiger charge is -2.33. The van der Waals surface area contributed by atoms with E-state index in [0.29, 0.717) is 18.3 Å². The maximum atomic E-state index is 14.0. The van der Waals surface area contributed by atoms with Gasteiger partial charge in [0.25, 0.3) is 0 Å². The van der Waals surface area contributed by atoms with Gasteiger partial charge < -0.3 is 16.0 Å². The van der Waals surface area contributed by atoms with Crippen LogP contribution in [0.25, 0.3) is 0 Å². The van der Waals surface area contributed by atoms with Crippen molar-refractivity contribution in [2.24, 2.45) is 0 Å². The van der Waals surface area contributed by atoms with E-state index in [9.17, 15) is 22.0 Å². The number of carbonyl (C=O) groups excluding carboxylic acids is 1. The van der Waals surface area contributed by atoms with Crippen LogP contribution in [0, 0.1) is 11.6 Å². The molecule has 12 heteroatoms. The van der Waals surface area contributed by atoms with Crippen molar-refractivity contribution < 1.29 is 22.0 Å². The molecular formula is C26H31F2N5O3S2. The number of anilines is 3. The third-order valence-electron chi connectivity index (χ3n) is 6.72. The number of hydrogen-bond acceptors (Lipinski definition) is 8. The van der Waals surface area contributed by atoms with Crippen LogP contribution in [0.15, 0.2) is 47.4 Å². The first-order chi connectivity index (χ1) is 18.1. The molecule has 1 atom stereocenters. The molecule has 1 fully saturated rings. The van der Waals surface area contributed by atoms with Gasteiger partial charge in [-0.25, -0.2) is 26.5 Å². The molecule has 2 heterocycles. The molecule has 0 radical (unpaired) electrons. The van der Waals surface area contributed by atoms with Crippen LogP contribution in [0.1, 0.15) is 47.8 Å². The summed E-state index contributed by atoms with van der Waals surface area (Å²) in [5, 5.41) is 3.18. The number of thiazole rings is 1. The molecule has 3 N–H and O–H groups in total. The Labute approximate surface area is 225 Å². The number of nitrogens with zero attached hydrogens (tertiary/aromatic N) is 3. The van der Waals surface area contributed by atoms with Crippen molar-refractivity contribution in [1.82, 2.24) is 14.2 Å². The molecule has 0 amide bonds. The van der Waals surface area contributed by atoms with Crippen molar-refractivity contribution in [3.05, 3.63) is 64.5 Å². The Bertz CT molecular complexity index is 1380. The van der Waals surface area contributed by atoms with Crippen molar-refractivity contribution in [1.29, 1.82) is 0 Å². The lowest BCUT2D eigenvalue weighted by atomic mass is 10.0. The summed E-state index contributed by atoms with van der Waals surface area (Å²) < 4.78 is 55.5. The minimum atomic E-state index is -3.66. The molecule has 0 bridgehead atoms. The first-order valence-corrected chi connectivity index (χ1v) is 14.7. The molecule has 2 aromatic carbocycles. The van der Waals surface area contributed by atoms with Crippen molar-refractivity contribution >= 4 is 43.8 Å². The number of piperidine rings is 1. The number of nitrogens with two attached hydrogens (primary N) is 1. The molecule has 8 nitrogen and oxygen atoms in total. The second-order valence-electron chi connectivity index (χ2n) is 9.37. The average Bonchev–Trinajstić information content (AvgIpc) is 3.25. The van der Waals surface area contributed by atoms with E-state index in [1.54, 1.807) is 19.2 Å². The summed E-state index contributed by atoms with van der Waals surface area (Å²) in [4.78, 5) is 19.2. The normalized spacial score (nSPS) is 16.6. The summed E-state index contributed by atoms with van der Waals surface area (Å²) in [6.45, 7) is 4.57. The van der Waals surface area contributed by atoms with Crippen LogP contribution in [0.5, 0.6) is 0 Å². The summed E-state index contributed by atoms with van der Waals surface area (Å²) in [5.74, 6) is -3.03. The number of halogens is 2. The molecule has 1 unspecified atom stereocenters. The Morgan fingerprint density at radius 3 is 2.53 bits per heavy atom. The third-order valence-corrected chi connectivity index (χ3v) is 9.58. The molecule has 1 aliphatic heterocycles. The van der Waals surface area contributed by atoms with Crippen LogP contribution < -0.4 is 11.1 Å².